The SMILES string of the molecule is c1ccc(-c2ccc(-c3nc(-n4c5ccccc5c5c4ccc4c6c7oc8ccccc8c7ccc6n(-c6cccc(-c7ccccc7)c6)c45)nc4ccccc34)cc2)cc1. The van der Waals surface area contributed by atoms with E-state index >= 15 is 0 Å². The van der Waals surface area contributed by atoms with E-state index in [2.05, 4.69) is 209 Å². The van der Waals surface area contributed by atoms with Crippen molar-refractivity contribution in [3.8, 4) is 45.1 Å². The zero-order chi connectivity index (χ0) is 40.0. The number of nitrogens with zero attached hydrogens (tertiary/aromatic N) is 4. The van der Waals surface area contributed by atoms with Crippen molar-refractivity contribution in [1.29, 1.82) is 0 Å². The largest absolute Gasteiger partial charge is 0.455 e. The second-order valence-corrected chi connectivity index (χ2v) is 15.7. The third-order valence-corrected chi connectivity index (χ3v) is 12.3. The number of aromatic nitrogens is 4. The summed E-state index contributed by atoms with van der Waals surface area (Å²) in [4.78, 5) is 10.8. The maximum absolute atomic E-state index is 6.78. The van der Waals surface area contributed by atoms with Crippen molar-refractivity contribution < 1.29 is 4.42 Å². The summed E-state index contributed by atoms with van der Waals surface area (Å²) in [5.41, 5.74) is 14.6. The van der Waals surface area contributed by atoms with E-state index in [0.29, 0.717) is 5.95 Å². The van der Waals surface area contributed by atoms with Gasteiger partial charge in [0.25, 0.3) is 0 Å². The summed E-state index contributed by atoms with van der Waals surface area (Å²) in [6.45, 7) is 0. The lowest BCUT2D eigenvalue weighted by Gasteiger charge is -2.13. The number of furan rings is 1. The molecule has 0 saturated heterocycles. The van der Waals surface area contributed by atoms with Crippen LogP contribution in [0.3, 0.4) is 0 Å². The van der Waals surface area contributed by atoms with E-state index in [-0.39, 0.29) is 0 Å². The lowest BCUT2D eigenvalue weighted by atomic mass is 10.0. The molecule has 0 saturated carbocycles. The van der Waals surface area contributed by atoms with E-state index in [9.17, 15) is 0 Å². The molecule has 5 heteroatoms. The first-order valence-corrected chi connectivity index (χ1v) is 20.7. The molecule has 5 nitrogen and oxygen atoms in total. The molecule has 0 fully saturated rings. The van der Waals surface area contributed by atoms with Gasteiger partial charge in [-0.05, 0) is 76.9 Å². The smallest absolute Gasteiger partial charge is 0.235 e. The van der Waals surface area contributed by atoms with Crippen molar-refractivity contribution in [2.24, 2.45) is 0 Å². The van der Waals surface area contributed by atoms with Crippen LogP contribution >= 0.6 is 0 Å². The van der Waals surface area contributed by atoms with Crippen LogP contribution in [0.5, 0.6) is 0 Å². The number of fused-ring (bicyclic) bond motifs is 12. The zero-order valence-electron chi connectivity index (χ0n) is 32.8. The molecule has 0 N–H and O–H groups in total. The van der Waals surface area contributed by atoms with E-state index in [1.54, 1.807) is 0 Å². The number of benzene rings is 9. The van der Waals surface area contributed by atoms with Gasteiger partial charge in [0.05, 0.1) is 38.7 Å². The van der Waals surface area contributed by atoms with E-state index in [4.69, 9.17) is 14.4 Å². The normalized spacial score (nSPS) is 11.9. The molecule has 0 atom stereocenters. The Balaban J connectivity index is 1.12. The standard InChI is InChI=1S/C56H34N4O/c1-3-14-35(15-4-1)37-26-28-38(29-27-37)53-43-21-7-10-23-46(43)57-56(58-53)60-47-24-11-8-22-44(47)51-48(60)33-31-45-52-49(32-30-42-41-20-9-12-25-50(41)61-55(42)52)59(54(45)51)40-19-13-18-39(34-40)36-16-5-2-6-17-36/h1-34H. The molecule has 0 bridgehead atoms. The number of rotatable bonds is 5. The molecule has 4 heterocycles. The van der Waals surface area contributed by atoms with Crippen molar-refractivity contribution in [1.82, 2.24) is 19.1 Å². The van der Waals surface area contributed by atoms with E-state index in [0.717, 1.165) is 99.0 Å². The van der Waals surface area contributed by atoms with Gasteiger partial charge in [0.1, 0.15) is 11.2 Å². The predicted octanol–water partition coefficient (Wildman–Crippen LogP) is 14.7. The van der Waals surface area contributed by atoms with Crippen LogP contribution in [0, 0.1) is 0 Å². The van der Waals surface area contributed by atoms with Crippen LogP contribution in [0.25, 0.3) is 122 Å². The van der Waals surface area contributed by atoms with Crippen molar-refractivity contribution in [3.63, 3.8) is 0 Å². The van der Waals surface area contributed by atoms with Crippen LogP contribution < -0.4 is 0 Å². The minimum atomic E-state index is 0.625. The van der Waals surface area contributed by atoms with E-state index in [1.165, 1.54) is 16.7 Å². The van der Waals surface area contributed by atoms with Crippen molar-refractivity contribution >= 4 is 76.5 Å². The van der Waals surface area contributed by atoms with Crippen molar-refractivity contribution in [3.05, 3.63) is 206 Å². The Labute approximate surface area is 350 Å². The molecule has 13 rings (SSSR count). The third kappa shape index (κ3) is 5.08. The Morgan fingerprint density at radius 2 is 0.967 bits per heavy atom. The fraction of sp³-hybridized carbons (Fsp3) is 0. The zero-order valence-corrected chi connectivity index (χ0v) is 32.8. The minimum Gasteiger partial charge on any atom is -0.455 e. The number of hydrogen-bond donors (Lipinski definition) is 0. The highest BCUT2D eigenvalue weighted by atomic mass is 16.3. The summed E-state index contributed by atoms with van der Waals surface area (Å²) in [7, 11) is 0. The molecule has 0 amide bonds. The number of hydrogen-bond acceptors (Lipinski definition) is 3. The lowest BCUT2D eigenvalue weighted by molar-refractivity contribution is 0.673. The molecule has 0 aliphatic heterocycles. The average molecular weight is 779 g/mol. The molecule has 0 aliphatic carbocycles. The van der Waals surface area contributed by atoms with Gasteiger partial charge in [-0.25, -0.2) is 9.97 Å². The molecule has 4 aromatic heterocycles. The van der Waals surface area contributed by atoms with Crippen molar-refractivity contribution in [2.45, 2.75) is 0 Å². The second-order valence-electron chi connectivity index (χ2n) is 15.7. The van der Waals surface area contributed by atoms with Gasteiger partial charge >= 0.3 is 0 Å². The molecule has 0 spiro atoms. The molecule has 9 aromatic carbocycles. The summed E-state index contributed by atoms with van der Waals surface area (Å²) in [6, 6.07) is 73.0. The van der Waals surface area contributed by atoms with Crippen LogP contribution in [0.2, 0.25) is 0 Å². The van der Waals surface area contributed by atoms with E-state index in [1.807, 2.05) is 6.07 Å². The fourth-order valence-electron chi connectivity index (χ4n) is 9.60. The Hall–Kier alpha value is -8.28. The average Bonchev–Trinajstić information content (AvgIpc) is 4.00. The van der Waals surface area contributed by atoms with Gasteiger partial charge in [-0.1, -0.05) is 152 Å². The topological polar surface area (TPSA) is 48.8 Å². The van der Waals surface area contributed by atoms with Gasteiger partial charge in [-0.15, -0.1) is 0 Å². The lowest BCUT2D eigenvalue weighted by Crippen LogP contribution is -2.03. The summed E-state index contributed by atoms with van der Waals surface area (Å²) in [5, 5.41) is 7.70. The van der Waals surface area contributed by atoms with Gasteiger partial charge in [0.2, 0.25) is 5.95 Å². The highest BCUT2D eigenvalue weighted by Gasteiger charge is 2.25. The molecule has 13 aromatic rings. The van der Waals surface area contributed by atoms with Crippen LogP contribution in [0.4, 0.5) is 0 Å². The third-order valence-electron chi connectivity index (χ3n) is 12.3. The summed E-state index contributed by atoms with van der Waals surface area (Å²) in [5.74, 6) is 0.625. The first kappa shape index (κ1) is 33.7. The number of para-hydroxylation sites is 3. The fourth-order valence-corrected chi connectivity index (χ4v) is 9.60. The maximum Gasteiger partial charge on any atom is 0.235 e. The molecular formula is C56H34N4O. The van der Waals surface area contributed by atoms with E-state index < -0.39 is 0 Å². The minimum absolute atomic E-state index is 0.625. The molecule has 0 radical (unpaired) electrons. The van der Waals surface area contributed by atoms with Crippen LogP contribution in [-0.4, -0.2) is 19.1 Å². The first-order chi connectivity index (χ1) is 30.3. The highest BCUT2D eigenvalue weighted by molar-refractivity contribution is 6.31. The predicted molar refractivity (Wildman–Crippen MR) is 252 cm³/mol. The summed E-state index contributed by atoms with van der Waals surface area (Å²) < 4.78 is 11.5. The quantitative estimate of drug-likeness (QED) is 0.175. The Morgan fingerprint density at radius 3 is 1.77 bits per heavy atom. The Morgan fingerprint density at radius 1 is 0.361 bits per heavy atom. The summed E-state index contributed by atoms with van der Waals surface area (Å²) in [6.07, 6.45) is 0. The first-order valence-electron chi connectivity index (χ1n) is 20.7. The molecule has 61 heavy (non-hydrogen) atoms. The van der Waals surface area contributed by atoms with Gasteiger partial charge in [-0.2, -0.15) is 0 Å². The highest BCUT2D eigenvalue weighted by Crippen LogP contribution is 2.46. The second kappa shape index (κ2) is 13.1. The van der Waals surface area contributed by atoms with Crippen molar-refractivity contribution in [2.75, 3.05) is 0 Å². The molecule has 284 valence electrons. The monoisotopic (exact) mass is 778 g/mol. The molecular weight excluding hydrogens is 745 g/mol. The van der Waals surface area contributed by atoms with Crippen LogP contribution in [-0.2, 0) is 0 Å². The van der Waals surface area contributed by atoms with Crippen LogP contribution in [0.15, 0.2) is 211 Å². The maximum atomic E-state index is 6.78. The van der Waals surface area contributed by atoms with Gasteiger partial charge in [-0.3, -0.25) is 4.57 Å². The Kier molecular flexibility index (Phi) is 7.24. The van der Waals surface area contributed by atoms with Crippen LogP contribution in [0.1, 0.15) is 0 Å². The van der Waals surface area contributed by atoms with Gasteiger partial charge < -0.3 is 8.98 Å². The van der Waals surface area contributed by atoms with Gasteiger partial charge in [0, 0.05) is 43.6 Å². The molecule has 0 unspecified atom stereocenters. The Bertz CT molecular complexity index is 3860. The van der Waals surface area contributed by atoms with Gasteiger partial charge in [0.15, 0.2) is 0 Å². The molecule has 0 aliphatic rings. The summed E-state index contributed by atoms with van der Waals surface area (Å²) >= 11 is 0.